The SMILES string of the molecule is O=C1NC(=O)C([I-]I)=C1CCc1cccc(Br)c1O. The normalized spacial score (nSPS) is 15.3. The number of para-hydroxylation sites is 1. The van der Waals surface area contributed by atoms with Crippen molar-refractivity contribution in [3.8, 4) is 5.75 Å². The third-order valence-electron chi connectivity index (χ3n) is 2.75. The fraction of sp³-hybridized carbons (Fsp3) is 0.167. The summed E-state index contributed by atoms with van der Waals surface area (Å²) in [6, 6.07) is 5.40. The second-order valence-corrected chi connectivity index (χ2v) is 8.97. The van der Waals surface area contributed by atoms with Crippen LogP contribution in [0.2, 0.25) is 0 Å². The Hall–Kier alpha value is -0.160. The molecule has 1 aliphatic heterocycles. The van der Waals surface area contributed by atoms with E-state index in [9.17, 15) is 14.7 Å². The average Bonchev–Trinajstić information content (AvgIpc) is 2.65. The summed E-state index contributed by atoms with van der Waals surface area (Å²) in [7, 11) is 0. The van der Waals surface area contributed by atoms with E-state index in [1.165, 1.54) is 0 Å². The molecule has 0 saturated carbocycles. The third kappa shape index (κ3) is 3.30. The van der Waals surface area contributed by atoms with Gasteiger partial charge in [0.2, 0.25) is 0 Å². The molecular weight excluding hydrogens is 540 g/mol. The molecule has 0 aliphatic carbocycles. The summed E-state index contributed by atoms with van der Waals surface area (Å²) in [5, 5.41) is 12.2. The van der Waals surface area contributed by atoms with Gasteiger partial charge in [0.25, 0.3) is 0 Å². The minimum atomic E-state index is -0.456. The van der Waals surface area contributed by atoms with Crippen LogP contribution in [0.1, 0.15) is 12.0 Å². The fourth-order valence-electron chi connectivity index (χ4n) is 1.79. The Balaban J connectivity index is 2.18. The van der Waals surface area contributed by atoms with Crippen LogP contribution in [0.3, 0.4) is 0 Å². The van der Waals surface area contributed by atoms with Gasteiger partial charge >= 0.3 is 140 Å². The fourth-order valence-corrected chi connectivity index (χ4v) is 6.17. The van der Waals surface area contributed by atoms with Crippen molar-refractivity contribution in [1.29, 1.82) is 0 Å². The van der Waals surface area contributed by atoms with Gasteiger partial charge in [-0.25, -0.2) is 0 Å². The van der Waals surface area contributed by atoms with Crippen molar-refractivity contribution in [2.75, 3.05) is 0 Å². The van der Waals surface area contributed by atoms with Gasteiger partial charge in [-0.2, -0.15) is 0 Å². The van der Waals surface area contributed by atoms with Crippen LogP contribution in [0.4, 0.5) is 0 Å². The van der Waals surface area contributed by atoms with Gasteiger partial charge < -0.3 is 0 Å². The summed E-state index contributed by atoms with van der Waals surface area (Å²) in [5.74, 6) is -0.343. The van der Waals surface area contributed by atoms with Gasteiger partial charge in [-0.05, 0) is 0 Å². The third-order valence-corrected chi connectivity index (χ3v) is 7.68. The van der Waals surface area contributed by atoms with Crippen LogP contribution in [0.5, 0.6) is 5.75 Å². The van der Waals surface area contributed by atoms with Gasteiger partial charge in [0.15, 0.2) is 0 Å². The molecule has 0 aromatic heterocycles. The second kappa shape index (κ2) is 6.53. The van der Waals surface area contributed by atoms with Gasteiger partial charge in [0.05, 0.1) is 0 Å². The Morgan fingerprint density at radius 2 is 2.00 bits per heavy atom. The number of amides is 2. The van der Waals surface area contributed by atoms with Crippen LogP contribution < -0.4 is 22.5 Å². The first-order valence-electron chi connectivity index (χ1n) is 5.35. The molecule has 7 heteroatoms. The Kier molecular flexibility index (Phi) is 5.23. The number of hydrogen-bond acceptors (Lipinski definition) is 3. The molecule has 1 aromatic carbocycles. The molecule has 0 fully saturated rings. The minimum absolute atomic E-state index is 0.193. The van der Waals surface area contributed by atoms with Gasteiger partial charge in [0.1, 0.15) is 0 Å². The summed E-state index contributed by atoms with van der Waals surface area (Å²) in [6.45, 7) is 0. The number of benzene rings is 1. The van der Waals surface area contributed by atoms with Gasteiger partial charge in [-0.1, -0.05) is 0 Å². The van der Waals surface area contributed by atoms with E-state index in [0.717, 1.165) is 5.56 Å². The van der Waals surface area contributed by atoms with Crippen LogP contribution in [0.15, 0.2) is 31.8 Å². The number of hydrogen-bond donors (Lipinski definition) is 2. The summed E-state index contributed by atoms with van der Waals surface area (Å²) < 4.78 is 1.28. The van der Waals surface area contributed by atoms with Crippen molar-refractivity contribution in [2.24, 2.45) is 0 Å². The first-order chi connectivity index (χ1) is 9.04. The number of halogens is 3. The molecule has 0 saturated heterocycles. The van der Waals surface area contributed by atoms with Crippen molar-refractivity contribution >= 4 is 46.4 Å². The Morgan fingerprint density at radius 3 is 2.68 bits per heavy atom. The van der Waals surface area contributed by atoms with E-state index in [4.69, 9.17) is 0 Å². The maximum absolute atomic E-state index is 11.7. The van der Waals surface area contributed by atoms with E-state index in [2.05, 4.69) is 39.9 Å². The van der Waals surface area contributed by atoms with Crippen LogP contribution in [-0.4, -0.2) is 16.9 Å². The van der Waals surface area contributed by atoms with E-state index in [0.29, 0.717) is 26.5 Å². The quantitative estimate of drug-likeness (QED) is 0.392. The molecule has 0 atom stereocenters. The molecule has 1 aromatic rings. The molecule has 0 bridgehead atoms. The summed E-state index contributed by atoms with van der Waals surface area (Å²) in [5.41, 5.74) is 1.34. The van der Waals surface area contributed by atoms with Crippen LogP contribution in [0, 0.1) is 0 Å². The van der Waals surface area contributed by atoms with Gasteiger partial charge in [0, 0.05) is 0 Å². The Labute approximate surface area is 138 Å². The average molecular weight is 549 g/mol. The van der Waals surface area contributed by atoms with E-state index in [1.54, 1.807) is 6.07 Å². The zero-order valence-electron chi connectivity index (χ0n) is 9.54. The van der Waals surface area contributed by atoms with E-state index < -0.39 is 17.2 Å². The number of phenolic OH excluding ortho intramolecular Hbond substituents is 1. The molecule has 1 aliphatic rings. The molecule has 102 valence electrons. The molecule has 19 heavy (non-hydrogen) atoms. The van der Waals surface area contributed by atoms with Crippen molar-refractivity contribution in [1.82, 2.24) is 5.32 Å². The summed E-state index contributed by atoms with van der Waals surface area (Å²) in [6.07, 6.45) is 1.00. The molecule has 2 amide bonds. The van der Waals surface area contributed by atoms with Crippen molar-refractivity contribution in [3.63, 3.8) is 0 Å². The number of aromatic hydroxyl groups is 1. The molecule has 2 rings (SSSR count). The second-order valence-electron chi connectivity index (χ2n) is 3.89. The van der Waals surface area contributed by atoms with Crippen molar-refractivity contribution in [2.45, 2.75) is 12.8 Å². The van der Waals surface area contributed by atoms with Gasteiger partial charge in [-0.15, -0.1) is 0 Å². The van der Waals surface area contributed by atoms with E-state index in [-0.39, 0.29) is 17.6 Å². The molecule has 1 heterocycles. The number of nitrogens with one attached hydrogen (secondary N) is 1. The van der Waals surface area contributed by atoms with E-state index >= 15 is 0 Å². The van der Waals surface area contributed by atoms with Crippen LogP contribution in [0.25, 0.3) is 0 Å². The molecule has 0 spiro atoms. The molecular formula is C12H9BrI2NO3-. The summed E-state index contributed by atoms with van der Waals surface area (Å²) >= 11 is 4.98. The first-order valence-corrected chi connectivity index (χ1v) is 13.5. The monoisotopic (exact) mass is 548 g/mol. The van der Waals surface area contributed by atoms with Crippen LogP contribution >= 0.6 is 34.5 Å². The van der Waals surface area contributed by atoms with Gasteiger partial charge in [-0.3, -0.25) is 0 Å². The molecule has 4 nitrogen and oxygen atoms in total. The molecule has 0 radical (unpaired) electrons. The maximum atomic E-state index is 11.7. The standard InChI is InChI=1S/C12H9BrI2NO3/c13-8-3-1-2-6(10(8)17)4-5-7-9(15-14)12(19)16-11(7)18/h1-3,17H,4-5H2,(H,16,18,19)/q-1. The van der Waals surface area contributed by atoms with Crippen LogP contribution in [-0.2, 0) is 16.0 Å². The molecule has 0 unspecified atom stereocenters. The number of carbonyl (C=O) groups is 2. The number of rotatable bonds is 4. The Bertz CT molecular complexity index is 586. The number of aryl methyl sites for hydroxylation is 1. The predicted molar refractivity (Wildman–Crippen MR) is 78.3 cm³/mol. The number of imide groups is 1. The first kappa shape index (κ1) is 15.2. The topological polar surface area (TPSA) is 66.4 Å². The van der Waals surface area contributed by atoms with Crippen molar-refractivity contribution < 1.29 is 31.9 Å². The zero-order valence-corrected chi connectivity index (χ0v) is 15.4. The predicted octanol–water partition coefficient (Wildman–Crippen LogP) is -0.563. The van der Waals surface area contributed by atoms with Crippen molar-refractivity contribution in [3.05, 3.63) is 37.4 Å². The number of carbonyl (C=O) groups excluding carboxylic acids is 2. The Morgan fingerprint density at radius 1 is 1.26 bits per heavy atom. The summed E-state index contributed by atoms with van der Waals surface area (Å²) in [4.78, 5) is 23.2. The zero-order chi connectivity index (χ0) is 14.0. The number of phenols is 1. The molecule has 2 N–H and O–H groups in total. The van der Waals surface area contributed by atoms with E-state index in [1.807, 2.05) is 12.1 Å².